The lowest BCUT2D eigenvalue weighted by Gasteiger charge is -2.40. The molecule has 0 aliphatic carbocycles. The summed E-state index contributed by atoms with van der Waals surface area (Å²) in [7, 11) is 0. The van der Waals surface area contributed by atoms with Crippen LogP contribution in [0.3, 0.4) is 0 Å². The molecular weight excluding hydrogens is 508 g/mol. The number of ether oxygens (including phenoxy) is 2. The largest absolute Gasteiger partial charge is 0.494 e. The van der Waals surface area contributed by atoms with Crippen LogP contribution in [0.15, 0.2) is 109 Å². The van der Waals surface area contributed by atoms with Gasteiger partial charge in [0, 0.05) is 18.7 Å². The summed E-state index contributed by atoms with van der Waals surface area (Å²) < 4.78 is 11.8. The van der Waals surface area contributed by atoms with Crippen LogP contribution in [0.2, 0.25) is 0 Å². The van der Waals surface area contributed by atoms with E-state index >= 15 is 0 Å². The fraction of sp³-hybridized carbons (Fsp3) is 0.306. The minimum atomic E-state index is 0.0104. The highest BCUT2D eigenvalue weighted by atomic mass is 16.5. The molecule has 0 radical (unpaired) electrons. The maximum absolute atomic E-state index is 13.9. The number of hydrogen-bond acceptors (Lipinski definition) is 4. The van der Waals surface area contributed by atoms with Gasteiger partial charge in [-0.05, 0) is 91.3 Å². The van der Waals surface area contributed by atoms with E-state index in [0.29, 0.717) is 24.6 Å². The molecule has 1 amide bonds. The first-order valence-corrected chi connectivity index (χ1v) is 14.8. The Bertz CT molecular complexity index is 1330. The molecule has 1 fully saturated rings. The van der Waals surface area contributed by atoms with Crippen molar-refractivity contribution in [2.45, 2.75) is 45.6 Å². The molecule has 0 saturated carbocycles. The molecule has 1 heterocycles. The van der Waals surface area contributed by atoms with Gasteiger partial charge in [0.05, 0.1) is 13.2 Å². The third kappa shape index (κ3) is 8.21. The predicted octanol–water partition coefficient (Wildman–Crippen LogP) is 8.17. The van der Waals surface area contributed by atoms with Gasteiger partial charge >= 0.3 is 0 Å². The molecule has 4 aromatic rings. The smallest absolute Gasteiger partial charge is 0.268 e. The molecule has 0 N–H and O–H groups in total. The zero-order valence-corrected chi connectivity index (χ0v) is 24.0. The number of carbonyl (C=O) groups is 1. The number of hydrazine groups is 1. The number of rotatable bonds is 12. The van der Waals surface area contributed by atoms with Crippen molar-refractivity contribution in [3.63, 3.8) is 0 Å². The van der Waals surface area contributed by atoms with Crippen molar-refractivity contribution >= 4 is 5.91 Å². The molecule has 0 spiro atoms. The lowest BCUT2D eigenvalue weighted by molar-refractivity contribution is -0.0351. The summed E-state index contributed by atoms with van der Waals surface area (Å²) in [4.78, 5) is 13.9. The molecule has 212 valence electrons. The molecule has 0 atom stereocenters. The second-order valence-corrected chi connectivity index (χ2v) is 10.7. The van der Waals surface area contributed by atoms with Gasteiger partial charge in [0.2, 0.25) is 0 Å². The van der Waals surface area contributed by atoms with E-state index in [1.54, 1.807) is 0 Å². The third-order valence-electron chi connectivity index (χ3n) is 7.64. The first kappa shape index (κ1) is 28.4. The number of amides is 1. The Morgan fingerprint density at radius 2 is 1.37 bits per heavy atom. The van der Waals surface area contributed by atoms with Crippen molar-refractivity contribution in [2.75, 3.05) is 19.7 Å². The van der Waals surface area contributed by atoms with Crippen molar-refractivity contribution < 1.29 is 14.3 Å². The molecule has 0 unspecified atom stereocenters. The van der Waals surface area contributed by atoms with E-state index in [9.17, 15) is 4.79 Å². The standard InChI is InChI=1S/C36H40N2O3/c1-2-3-26-40-33-20-16-32(17-21-33)36(39)38(37-24-22-30(23-25-37)27-29-10-6-4-7-11-29)28-31-14-18-35(19-15-31)41-34-12-8-5-9-13-34/h4-21,30H,2-3,22-28H2,1H3. The summed E-state index contributed by atoms with van der Waals surface area (Å²) in [6.45, 7) is 5.06. The van der Waals surface area contributed by atoms with Crippen LogP contribution < -0.4 is 9.47 Å². The number of benzene rings is 4. The van der Waals surface area contributed by atoms with Gasteiger partial charge in [-0.2, -0.15) is 0 Å². The van der Waals surface area contributed by atoms with Crippen LogP contribution in [0.5, 0.6) is 17.2 Å². The van der Waals surface area contributed by atoms with E-state index in [-0.39, 0.29) is 5.91 Å². The second-order valence-electron chi connectivity index (χ2n) is 10.7. The predicted molar refractivity (Wildman–Crippen MR) is 164 cm³/mol. The van der Waals surface area contributed by atoms with Crippen LogP contribution >= 0.6 is 0 Å². The van der Waals surface area contributed by atoms with Gasteiger partial charge in [-0.1, -0.05) is 74.0 Å². The first-order valence-electron chi connectivity index (χ1n) is 14.8. The summed E-state index contributed by atoms with van der Waals surface area (Å²) in [5.41, 5.74) is 3.12. The lowest BCUT2D eigenvalue weighted by atomic mass is 9.90. The van der Waals surface area contributed by atoms with Crippen molar-refractivity contribution in [3.8, 4) is 17.2 Å². The van der Waals surface area contributed by atoms with Crippen LogP contribution in [-0.2, 0) is 13.0 Å². The first-order chi connectivity index (χ1) is 20.2. The summed E-state index contributed by atoms with van der Waals surface area (Å²) in [5.74, 6) is 3.02. The summed E-state index contributed by atoms with van der Waals surface area (Å²) in [6, 6.07) is 36.1. The van der Waals surface area contributed by atoms with E-state index in [1.807, 2.05) is 83.9 Å². The van der Waals surface area contributed by atoms with Crippen LogP contribution in [0, 0.1) is 5.92 Å². The Balaban J connectivity index is 1.28. The highest BCUT2D eigenvalue weighted by Gasteiger charge is 2.28. The van der Waals surface area contributed by atoms with Gasteiger partial charge < -0.3 is 9.47 Å². The van der Waals surface area contributed by atoms with Crippen LogP contribution in [0.25, 0.3) is 0 Å². The summed E-state index contributed by atoms with van der Waals surface area (Å²) >= 11 is 0. The quantitative estimate of drug-likeness (QED) is 0.168. The molecule has 41 heavy (non-hydrogen) atoms. The minimum Gasteiger partial charge on any atom is -0.494 e. The van der Waals surface area contributed by atoms with Gasteiger partial charge in [0.15, 0.2) is 0 Å². The molecular formula is C36H40N2O3. The van der Waals surface area contributed by atoms with Crippen molar-refractivity contribution in [1.29, 1.82) is 0 Å². The Morgan fingerprint density at radius 1 is 0.756 bits per heavy atom. The van der Waals surface area contributed by atoms with Crippen molar-refractivity contribution in [3.05, 3.63) is 126 Å². The van der Waals surface area contributed by atoms with E-state index in [2.05, 4.69) is 42.3 Å². The van der Waals surface area contributed by atoms with Crippen LogP contribution in [0.1, 0.15) is 54.1 Å². The number of unbranched alkanes of at least 4 members (excludes halogenated alkanes) is 1. The Hall–Kier alpha value is -4.09. The molecule has 5 heteroatoms. The van der Waals surface area contributed by atoms with Gasteiger partial charge in [0.25, 0.3) is 5.91 Å². The van der Waals surface area contributed by atoms with E-state index < -0.39 is 0 Å². The van der Waals surface area contributed by atoms with Gasteiger partial charge in [-0.3, -0.25) is 9.80 Å². The van der Waals surface area contributed by atoms with Crippen molar-refractivity contribution in [1.82, 2.24) is 10.0 Å². The molecule has 1 saturated heterocycles. The van der Waals surface area contributed by atoms with Gasteiger partial charge in [0.1, 0.15) is 17.2 Å². The molecule has 0 aromatic heterocycles. The van der Waals surface area contributed by atoms with Crippen molar-refractivity contribution in [2.24, 2.45) is 5.92 Å². The number of hydrogen-bond donors (Lipinski definition) is 0. The Kier molecular flexibility index (Phi) is 10.1. The third-order valence-corrected chi connectivity index (χ3v) is 7.64. The molecule has 1 aliphatic heterocycles. The van der Waals surface area contributed by atoms with Crippen LogP contribution in [-0.4, -0.2) is 35.6 Å². The summed E-state index contributed by atoms with van der Waals surface area (Å²) in [5, 5.41) is 4.17. The van der Waals surface area contributed by atoms with Crippen LogP contribution in [0.4, 0.5) is 0 Å². The van der Waals surface area contributed by atoms with E-state index in [0.717, 1.165) is 68.0 Å². The molecule has 1 aliphatic rings. The maximum Gasteiger partial charge on any atom is 0.268 e. The monoisotopic (exact) mass is 548 g/mol. The topological polar surface area (TPSA) is 42.0 Å². The average molecular weight is 549 g/mol. The highest BCUT2D eigenvalue weighted by Crippen LogP contribution is 2.26. The fourth-order valence-corrected chi connectivity index (χ4v) is 5.25. The number of piperidine rings is 1. The average Bonchev–Trinajstić information content (AvgIpc) is 3.02. The van der Waals surface area contributed by atoms with E-state index in [4.69, 9.17) is 9.47 Å². The number of nitrogens with zero attached hydrogens (tertiary/aromatic N) is 2. The minimum absolute atomic E-state index is 0.0104. The van der Waals surface area contributed by atoms with Gasteiger partial charge in [-0.15, -0.1) is 0 Å². The zero-order valence-electron chi connectivity index (χ0n) is 24.0. The zero-order chi connectivity index (χ0) is 28.3. The summed E-state index contributed by atoms with van der Waals surface area (Å²) in [6.07, 6.45) is 5.32. The SMILES string of the molecule is CCCCOc1ccc(C(=O)N(Cc2ccc(Oc3ccccc3)cc2)N2CCC(Cc3ccccc3)CC2)cc1. The Morgan fingerprint density at radius 3 is 2.02 bits per heavy atom. The molecule has 5 rings (SSSR count). The van der Waals surface area contributed by atoms with Gasteiger partial charge in [-0.25, -0.2) is 5.01 Å². The Labute approximate surface area is 244 Å². The van der Waals surface area contributed by atoms with E-state index in [1.165, 1.54) is 5.56 Å². The lowest BCUT2D eigenvalue weighted by Crippen LogP contribution is -2.49. The normalized spacial score (nSPS) is 14.0. The maximum atomic E-state index is 13.9. The molecule has 4 aromatic carbocycles. The molecule has 0 bridgehead atoms. The number of carbonyl (C=O) groups excluding carboxylic acids is 1. The fourth-order valence-electron chi connectivity index (χ4n) is 5.25. The second kappa shape index (κ2) is 14.5. The number of para-hydroxylation sites is 1. The molecule has 5 nitrogen and oxygen atoms in total. The highest BCUT2D eigenvalue weighted by molar-refractivity contribution is 5.94.